The molecule has 0 aliphatic carbocycles. The first kappa shape index (κ1) is 374. The molecular formula is DyF10GdLiY. The van der Waals surface area contributed by atoms with Gasteiger partial charge in [0.25, 0.3) is 0 Å². The summed E-state index contributed by atoms with van der Waals surface area (Å²) >= 11 is 0. The summed E-state index contributed by atoms with van der Waals surface area (Å²) in [5, 5.41) is 0. The van der Waals surface area contributed by atoms with Gasteiger partial charge in [-0.15, -0.1) is 0 Å². The first-order valence-corrected chi connectivity index (χ1v) is 0. The summed E-state index contributed by atoms with van der Waals surface area (Å²) in [5.74, 6) is 0. The van der Waals surface area contributed by atoms with Gasteiger partial charge in [0.15, 0.2) is 0 Å². The van der Waals surface area contributed by atoms with Crippen LogP contribution in [0.15, 0.2) is 0 Å². The fraction of sp³-hybridized carbons (Fsp3) is 0. The zero-order valence-electron chi connectivity index (χ0n) is 6.03. The first-order valence-electron chi connectivity index (χ1n) is 0. The Balaban J connectivity index is 0. The fourth-order valence-electron chi connectivity index (χ4n) is 0. The minimum absolute atomic E-state index is 0. The zero-order chi connectivity index (χ0) is 0. The summed E-state index contributed by atoms with van der Waals surface area (Å²) in [6.07, 6.45) is 0. The van der Waals surface area contributed by atoms with Crippen molar-refractivity contribution < 1.29 is 177 Å². The standard InChI is InChI=1S/Dy.10FH.Gd.Li.Y/h;10*1H;;;/q+3;;;;;;;;;;;+3;+1;+3/p-10. The molecule has 0 aromatic carbocycles. The van der Waals surface area contributed by atoms with Crippen LogP contribution in [0.25, 0.3) is 0 Å². The number of halogens is 10. The van der Waals surface area contributed by atoms with Crippen LogP contribution in [-0.2, 0) is 32.7 Å². The van der Waals surface area contributed by atoms with Crippen molar-refractivity contribution in [2.75, 3.05) is 0 Å². The van der Waals surface area contributed by atoms with Crippen LogP contribution in [0.4, 0.5) is 0 Å². The minimum atomic E-state index is 0. The molecule has 2 radical (unpaired) electrons. The van der Waals surface area contributed by atoms with Crippen molar-refractivity contribution in [1.82, 2.24) is 0 Å². The van der Waals surface area contributed by atoms with Gasteiger partial charge in [-0.3, -0.25) is 0 Å². The molecule has 0 amide bonds. The van der Waals surface area contributed by atoms with Gasteiger partial charge in [0, 0.05) is 0 Å². The number of hydrogen-bond acceptors (Lipinski definition) is 0. The van der Waals surface area contributed by atoms with Crippen LogP contribution in [0.1, 0.15) is 0 Å². The van der Waals surface area contributed by atoms with Crippen LogP contribution in [0, 0.1) is 78.1 Å². The van der Waals surface area contributed by atoms with E-state index in [-0.39, 0.29) is 177 Å². The second-order valence-electron chi connectivity index (χ2n) is 0. The Hall–Kier alpha value is 3.60. The molecular weight excluding hydrogens is 606 g/mol. The molecule has 0 saturated carbocycles. The molecule has 0 rings (SSSR count). The van der Waals surface area contributed by atoms with Gasteiger partial charge in [0.1, 0.15) is 0 Å². The molecule has 0 N–H and O–H groups in total. The molecule has 0 spiro atoms. The SMILES string of the molecule is [Dy+3].[F-].[F-].[F-].[F-].[F-].[F-].[F-].[F-].[F-].[F-].[Gd+3].[Li+].[Y+3]. The van der Waals surface area contributed by atoms with Crippen LogP contribution in [0.3, 0.4) is 0 Å². The van der Waals surface area contributed by atoms with E-state index in [1.807, 2.05) is 0 Å². The van der Waals surface area contributed by atoms with Crippen molar-refractivity contribution in [2.45, 2.75) is 0 Å². The Morgan fingerprint density at radius 3 is 0.357 bits per heavy atom. The zero-order valence-corrected chi connectivity index (χ0v) is 13.2. The van der Waals surface area contributed by atoms with Crippen molar-refractivity contribution in [1.29, 1.82) is 0 Å². The maximum Gasteiger partial charge on any atom is 3.00 e. The van der Waals surface area contributed by atoms with E-state index >= 15 is 0 Å². The summed E-state index contributed by atoms with van der Waals surface area (Å²) in [6.45, 7) is 0. The predicted molar refractivity (Wildman–Crippen MR) is 0 cm³/mol. The van der Waals surface area contributed by atoms with Gasteiger partial charge in [-0.25, -0.2) is 0 Å². The van der Waals surface area contributed by atoms with Crippen LogP contribution in [0.2, 0.25) is 0 Å². The van der Waals surface area contributed by atoms with Crippen LogP contribution >= 0.6 is 0 Å². The molecule has 0 aromatic heterocycles. The summed E-state index contributed by atoms with van der Waals surface area (Å²) in [5.41, 5.74) is 0. The third-order valence-electron chi connectivity index (χ3n) is 0. The van der Waals surface area contributed by atoms with E-state index in [1.165, 1.54) is 0 Å². The van der Waals surface area contributed by atoms with Gasteiger partial charge in [-0.1, -0.05) is 0 Å². The molecule has 92 valence electrons. The van der Waals surface area contributed by atoms with Crippen LogP contribution in [-0.4, -0.2) is 0 Å². The quantitative estimate of drug-likeness (QED) is 0.190. The van der Waals surface area contributed by atoms with Gasteiger partial charge in [-0.05, 0) is 0 Å². The molecule has 0 unspecified atom stereocenters. The molecule has 14 heavy (non-hydrogen) atoms. The molecule has 0 nitrogen and oxygen atoms in total. The fourth-order valence-corrected chi connectivity index (χ4v) is 0. The molecule has 0 atom stereocenters. The molecule has 0 heterocycles. The van der Waals surface area contributed by atoms with Gasteiger partial charge in [-0.2, -0.15) is 0 Å². The second-order valence-corrected chi connectivity index (χ2v) is 0. The molecule has 0 aliphatic heterocycles. The van der Waals surface area contributed by atoms with Gasteiger partial charge in [0.05, 0.1) is 0 Å². The summed E-state index contributed by atoms with van der Waals surface area (Å²) in [6, 6.07) is 0. The van der Waals surface area contributed by atoms with Crippen molar-refractivity contribution in [2.24, 2.45) is 0 Å². The summed E-state index contributed by atoms with van der Waals surface area (Å²) < 4.78 is 0. The first-order chi connectivity index (χ1) is 0. The molecule has 0 aromatic rings. The van der Waals surface area contributed by atoms with Gasteiger partial charge in [0.2, 0.25) is 0 Å². The van der Waals surface area contributed by atoms with E-state index in [1.54, 1.807) is 0 Å². The Kier molecular flexibility index (Phi) is 8340. The van der Waals surface area contributed by atoms with Crippen molar-refractivity contribution in [3.8, 4) is 0 Å². The van der Waals surface area contributed by atoms with E-state index in [4.69, 9.17) is 0 Å². The molecule has 0 fully saturated rings. The smallest absolute Gasteiger partial charge is 1.00 e. The van der Waals surface area contributed by atoms with E-state index in [0.717, 1.165) is 0 Å². The van der Waals surface area contributed by atoms with Crippen LogP contribution < -0.4 is 65.9 Å². The average molecular weight is 606 g/mol. The average Bonchev–Trinajstić information content (AvgIpc) is 0. The Morgan fingerprint density at radius 2 is 0.357 bits per heavy atom. The van der Waals surface area contributed by atoms with Gasteiger partial charge < -0.3 is 47.0 Å². The molecule has 0 bridgehead atoms. The molecule has 0 saturated heterocycles. The normalized spacial score (nSPS) is 0. The third-order valence-corrected chi connectivity index (χ3v) is 0. The molecule has 0 aliphatic rings. The largest absolute Gasteiger partial charge is 3.00 e. The second kappa shape index (κ2) is 312. The Labute approximate surface area is 173 Å². The van der Waals surface area contributed by atoms with E-state index in [0.29, 0.717) is 0 Å². The maximum absolute atomic E-state index is 0. The summed E-state index contributed by atoms with van der Waals surface area (Å²) in [4.78, 5) is 0. The van der Waals surface area contributed by atoms with E-state index in [9.17, 15) is 0 Å². The predicted octanol–water partition coefficient (Wildman–Crippen LogP) is -33.0. The van der Waals surface area contributed by atoms with E-state index < -0.39 is 0 Å². The third kappa shape index (κ3) is 257. The Morgan fingerprint density at radius 1 is 0.357 bits per heavy atom. The number of hydrogen-bond donors (Lipinski definition) is 0. The van der Waals surface area contributed by atoms with Crippen LogP contribution in [0.5, 0.6) is 0 Å². The Bertz CT molecular complexity index is 20.1. The molecule has 14 heteroatoms. The van der Waals surface area contributed by atoms with Crippen molar-refractivity contribution in [3.63, 3.8) is 0 Å². The topological polar surface area (TPSA) is 0 Å². The number of rotatable bonds is 0. The monoisotopic (exact) mass is 608 g/mol. The maximum atomic E-state index is 0. The summed E-state index contributed by atoms with van der Waals surface area (Å²) in [7, 11) is 0. The van der Waals surface area contributed by atoms with Crippen molar-refractivity contribution >= 4 is 0 Å². The van der Waals surface area contributed by atoms with E-state index in [2.05, 4.69) is 0 Å². The van der Waals surface area contributed by atoms with Crippen molar-refractivity contribution in [3.05, 3.63) is 0 Å². The van der Waals surface area contributed by atoms with Gasteiger partial charge >= 0.3 is 130 Å². The minimum Gasteiger partial charge on any atom is -1.00 e.